The number of ether oxygens (including phenoxy) is 1. The molecule has 1 aliphatic carbocycles. The van der Waals surface area contributed by atoms with Gasteiger partial charge in [-0.2, -0.15) is 0 Å². The summed E-state index contributed by atoms with van der Waals surface area (Å²) in [5.74, 6) is 0.556. The third-order valence-corrected chi connectivity index (χ3v) is 3.86. The topological polar surface area (TPSA) is 50.4 Å². The second-order valence-electron chi connectivity index (χ2n) is 5.55. The molecule has 1 saturated carbocycles. The first-order valence-corrected chi connectivity index (χ1v) is 7.31. The van der Waals surface area contributed by atoms with Crippen LogP contribution in [0.5, 0.6) is 0 Å². The van der Waals surface area contributed by atoms with Crippen LogP contribution in [0.3, 0.4) is 0 Å². The zero-order chi connectivity index (χ0) is 14.4. The largest absolute Gasteiger partial charge is 0.383 e. The minimum atomic E-state index is -0.115. The van der Waals surface area contributed by atoms with Gasteiger partial charge in [-0.1, -0.05) is 36.8 Å². The Kier molecular flexibility index (Phi) is 5.41. The van der Waals surface area contributed by atoms with Crippen molar-refractivity contribution in [1.82, 2.24) is 10.6 Å². The number of hydrogen-bond donors (Lipinski definition) is 2. The highest BCUT2D eigenvalue weighted by Crippen LogP contribution is 2.37. The van der Waals surface area contributed by atoms with E-state index in [4.69, 9.17) is 4.74 Å². The van der Waals surface area contributed by atoms with Crippen molar-refractivity contribution < 1.29 is 9.53 Å². The molecule has 2 unspecified atom stereocenters. The van der Waals surface area contributed by atoms with E-state index < -0.39 is 0 Å². The maximum atomic E-state index is 12.1. The molecule has 0 bridgehead atoms. The Balaban J connectivity index is 1.96. The van der Waals surface area contributed by atoms with Crippen LogP contribution in [0.4, 0.5) is 4.79 Å². The van der Waals surface area contributed by atoms with Gasteiger partial charge in [-0.05, 0) is 31.2 Å². The number of carbonyl (C=O) groups excluding carboxylic acids is 1. The van der Waals surface area contributed by atoms with Crippen LogP contribution < -0.4 is 10.6 Å². The summed E-state index contributed by atoms with van der Waals surface area (Å²) in [6, 6.07) is 10.2. The van der Waals surface area contributed by atoms with Crippen LogP contribution in [0.2, 0.25) is 0 Å². The quantitative estimate of drug-likeness (QED) is 0.839. The van der Waals surface area contributed by atoms with Crippen LogP contribution in [0, 0.1) is 5.92 Å². The molecule has 0 aliphatic heterocycles. The molecule has 4 heteroatoms. The van der Waals surface area contributed by atoms with Crippen molar-refractivity contribution in [2.45, 2.75) is 38.3 Å². The first kappa shape index (κ1) is 14.9. The SMILES string of the molecule is COCC(C)NC(=O)NC(c1ccccc1)C1CCC1. The van der Waals surface area contributed by atoms with Gasteiger partial charge in [-0.25, -0.2) is 4.79 Å². The van der Waals surface area contributed by atoms with E-state index in [9.17, 15) is 4.79 Å². The molecular formula is C16H24N2O2. The summed E-state index contributed by atoms with van der Waals surface area (Å²) in [5.41, 5.74) is 1.19. The number of urea groups is 1. The highest BCUT2D eigenvalue weighted by atomic mass is 16.5. The van der Waals surface area contributed by atoms with Crippen LogP contribution in [-0.2, 0) is 4.74 Å². The Hall–Kier alpha value is -1.55. The highest BCUT2D eigenvalue weighted by Gasteiger charge is 2.29. The molecule has 1 aromatic carbocycles. The third-order valence-electron chi connectivity index (χ3n) is 3.86. The molecule has 1 fully saturated rings. The summed E-state index contributed by atoms with van der Waals surface area (Å²) in [7, 11) is 1.64. The van der Waals surface area contributed by atoms with E-state index in [1.54, 1.807) is 7.11 Å². The molecule has 2 rings (SSSR count). The number of benzene rings is 1. The van der Waals surface area contributed by atoms with Crippen molar-refractivity contribution in [2.75, 3.05) is 13.7 Å². The second kappa shape index (κ2) is 7.29. The Morgan fingerprint density at radius 1 is 1.30 bits per heavy atom. The zero-order valence-electron chi connectivity index (χ0n) is 12.3. The van der Waals surface area contributed by atoms with Gasteiger partial charge in [0.2, 0.25) is 0 Å². The van der Waals surface area contributed by atoms with Crippen molar-refractivity contribution in [3.05, 3.63) is 35.9 Å². The number of rotatable bonds is 6. The van der Waals surface area contributed by atoms with E-state index in [0.29, 0.717) is 12.5 Å². The maximum absolute atomic E-state index is 12.1. The van der Waals surface area contributed by atoms with Gasteiger partial charge in [-0.15, -0.1) is 0 Å². The first-order valence-electron chi connectivity index (χ1n) is 7.31. The molecule has 0 heterocycles. The van der Waals surface area contributed by atoms with E-state index in [-0.39, 0.29) is 18.1 Å². The highest BCUT2D eigenvalue weighted by molar-refractivity contribution is 5.74. The molecule has 1 aromatic rings. The van der Waals surface area contributed by atoms with Crippen molar-refractivity contribution in [1.29, 1.82) is 0 Å². The van der Waals surface area contributed by atoms with Gasteiger partial charge < -0.3 is 15.4 Å². The Morgan fingerprint density at radius 3 is 2.55 bits per heavy atom. The van der Waals surface area contributed by atoms with Crippen LogP contribution >= 0.6 is 0 Å². The van der Waals surface area contributed by atoms with Crippen LogP contribution in [0.25, 0.3) is 0 Å². The smallest absolute Gasteiger partial charge is 0.315 e. The fraction of sp³-hybridized carbons (Fsp3) is 0.562. The molecule has 0 aromatic heterocycles. The van der Waals surface area contributed by atoms with Crippen molar-refractivity contribution in [3.63, 3.8) is 0 Å². The molecule has 0 saturated heterocycles. The Morgan fingerprint density at radius 2 is 2.00 bits per heavy atom. The summed E-state index contributed by atoms with van der Waals surface area (Å²) >= 11 is 0. The normalized spacial score (nSPS) is 17.9. The predicted molar refractivity (Wildman–Crippen MR) is 79.5 cm³/mol. The zero-order valence-corrected chi connectivity index (χ0v) is 12.3. The fourth-order valence-electron chi connectivity index (χ4n) is 2.61. The van der Waals surface area contributed by atoms with Crippen LogP contribution in [-0.4, -0.2) is 25.8 Å². The molecular weight excluding hydrogens is 252 g/mol. The van der Waals surface area contributed by atoms with Crippen molar-refractivity contribution in [3.8, 4) is 0 Å². The number of hydrogen-bond acceptors (Lipinski definition) is 2. The molecule has 1 aliphatic rings. The molecule has 0 spiro atoms. The molecule has 2 amide bonds. The number of amides is 2. The van der Waals surface area contributed by atoms with Gasteiger partial charge in [0.15, 0.2) is 0 Å². The van der Waals surface area contributed by atoms with Gasteiger partial charge in [0.25, 0.3) is 0 Å². The lowest BCUT2D eigenvalue weighted by molar-refractivity contribution is 0.167. The summed E-state index contributed by atoms with van der Waals surface area (Å²) in [4.78, 5) is 12.1. The number of nitrogens with one attached hydrogen (secondary N) is 2. The average molecular weight is 276 g/mol. The van der Waals surface area contributed by atoms with Crippen LogP contribution in [0.15, 0.2) is 30.3 Å². The minimum absolute atomic E-state index is 0.0119. The minimum Gasteiger partial charge on any atom is -0.383 e. The molecule has 20 heavy (non-hydrogen) atoms. The molecule has 110 valence electrons. The van der Waals surface area contributed by atoms with E-state index in [0.717, 1.165) is 0 Å². The molecule has 0 radical (unpaired) electrons. The van der Waals surface area contributed by atoms with Gasteiger partial charge >= 0.3 is 6.03 Å². The number of carbonyl (C=O) groups is 1. The summed E-state index contributed by atoms with van der Waals surface area (Å²) in [6.45, 7) is 2.46. The maximum Gasteiger partial charge on any atom is 0.315 e. The Bertz CT molecular complexity index is 418. The van der Waals surface area contributed by atoms with E-state index in [2.05, 4.69) is 22.8 Å². The van der Waals surface area contributed by atoms with E-state index in [1.807, 2.05) is 25.1 Å². The van der Waals surface area contributed by atoms with Gasteiger partial charge in [0.05, 0.1) is 18.7 Å². The lowest BCUT2D eigenvalue weighted by atomic mass is 9.77. The van der Waals surface area contributed by atoms with Gasteiger partial charge in [0, 0.05) is 7.11 Å². The first-order chi connectivity index (χ1) is 9.70. The lowest BCUT2D eigenvalue weighted by Gasteiger charge is -2.35. The monoisotopic (exact) mass is 276 g/mol. The number of methoxy groups -OCH3 is 1. The van der Waals surface area contributed by atoms with Crippen LogP contribution in [0.1, 0.15) is 37.8 Å². The lowest BCUT2D eigenvalue weighted by Crippen LogP contribution is -2.46. The predicted octanol–water partition coefficient (Wildman–Crippen LogP) is 2.86. The van der Waals surface area contributed by atoms with Gasteiger partial charge in [0.1, 0.15) is 0 Å². The van der Waals surface area contributed by atoms with E-state index in [1.165, 1.54) is 24.8 Å². The molecule has 2 atom stereocenters. The van der Waals surface area contributed by atoms with Crippen molar-refractivity contribution >= 4 is 6.03 Å². The van der Waals surface area contributed by atoms with Crippen molar-refractivity contribution in [2.24, 2.45) is 5.92 Å². The average Bonchev–Trinajstić information content (AvgIpc) is 2.37. The summed E-state index contributed by atoms with van der Waals surface area (Å²) in [6.07, 6.45) is 3.64. The van der Waals surface area contributed by atoms with Gasteiger partial charge in [-0.3, -0.25) is 0 Å². The summed E-state index contributed by atoms with van der Waals surface area (Å²) < 4.78 is 5.03. The molecule has 2 N–H and O–H groups in total. The summed E-state index contributed by atoms with van der Waals surface area (Å²) in [5, 5.41) is 6.03. The Labute approximate surface area is 120 Å². The van der Waals surface area contributed by atoms with E-state index >= 15 is 0 Å². The fourth-order valence-corrected chi connectivity index (χ4v) is 2.61. The third kappa shape index (κ3) is 3.97. The standard InChI is InChI=1S/C16H24N2O2/c1-12(11-20-2)17-16(19)18-15(14-9-6-10-14)13-7-4-3-5-8-13/h3-5,7-8,12,14-15H,6,9-11H2,1-2H3,(H2,17,18,19). The molecule has 4 nitrogen and oxygen atoms in total. The second-order valence-corrected chi connectivity index (χ2v) is 5.55.